The van der Waals surface area contributed by atoms with Crippen molar-refractivity contribution in [3.8, 4) is 17.5 Å². The number of amides is 1. The standard InChI is InChI=1S/C32H28N8O2/c1-19-15-20(2)40-30(35-19)28(29(33)37-40)31(41)36-21(3)26-16-24-10-8-9-23(14-13-22-17-34-38(4)18-22)27(24)32(42)39(26)25-11-6-5-7-12-25/h5-12,15-18,21H,1-4H3,(H3,33,36,37,41)/p+1. The molecule has 1 atom stereocenters. The number of rotatable bonds is 4. The summed E-state index contributed by atoms with van der Waals surface area (Å²) in [6, 6.07) is 18.2. The predicted octanol–water partition coefficient (Wildman–Crippen LogP) is 3.28. The van der Waals surface area contributed by atoms with Gasteiger partial charge in [0.2, 0.25) is 0 Å². The van der Waals surface area contributed by atoms with Crippen molar-refractivity contribution in [1.29, 1.82) is 0 Å². The minimum Gasteiger partial charge on any atom is -0.382 e. The van der Waals surface area contributed by atoms with E-state index in [-0.39, 0.29) is 16.9 Å². The quantitative estimate of drug-likeness (QED) is 0.226. The van der Waals surface area contributed by atoms with Crippen LogP contribution in [0.5, 0.6) is 0 Å². The number of carbonyl (C=O) groups excluding carboxylic acids is 1. The van der Waals surface area contributed by atoms with Gasteiger partial charge in [-0.2, -0.15) is 5.10 Å². The topological polar surface area (TPSA) is 128 Å². The van der Waals surface area contributed by atoms with Gasteiger partial charge in [-0.15, -0.1) is 4.52 Å². The van der Waals surface area contributed by atoms with Crippen LogP contribution in [0.1, 0.15) is 51.5 Å². The number of anilines is 1. The minimum atomic E-state index is -0.569. The summed E-state index contributed by atoms with van der Waals surface area (Å²) in [5.41, 5.74) is 11.0. The van der Waals surface area contributed by atoms with Gasteiger partial charge in [0.1, 0.15) is 5.69 Å². The molecule has 4 aromatic heterocycles. The van der Waals surface area contributed by atoms with Crippen LogP contribution >= 0.6 is 0 Å². The number of H-pyrrole nitrogens is 1. The highest BCUT2D eigenvalue weighted by Crippen LogP contribution is 2.24. The molecule has 0 radical (unpaired) electrons. The van der Waals surface area contributed by atoms with Crippen molar-refractivity contribution >= 4 is 28.1 Å². The van der Waals surface area contributed by atoms with Gasteiger partial charge >= 0.3 is 5.65 Å². The lowest BCUT2D eigenvalue weighted by Gasteiger charge is -2.21. The number of carbonyl (C=O) groups is 1. The van der Waals surface area contributed by atoms with E-state index in [0.29, 0.717) is 28.0 Å². The van der Waals surface area contributed by atoms with E-state index in [1.807, 2.05) is 94.7 Å². The van der Waals surface area contributed by atoms with Crippen LogP contribution in [0.4, 0.5) is 5.82 Å². The van der Waals surface area contributed by atoms with Gasteiger partial charge < -0.3 is 11.1 Å². The first-order valence-corrected chi connectivity index (χ1v) is 13.4. The van der Waals surface area contributed by atoms with E-state index < -0.39 is 11.9 Å². The molecule has 0 fully saturated rings. The Hall–Kier alpha value is -5.69. The van der Waals surface area contributed by atoms with Gasteiger partial charge in [-0.1, -0.05) is 42.2 Å². The van der Waals surface area contributed by atoms with E-state index in [2.05, 4.69) is 32.3 Å². The molecule has 6 rings (SSSR count). The molecule has 10 nitrogen and oxygen atoms in total. The second-order valence-corrected chi connectivity index (χ2v) is 10.3. The van der Waals surface area contributed by atoms with Gasteiger partial charge in [-0.25, -0.2) is 5.10 Å². The van der Waals surface area contributed by atoms with Crippen LogP contribution in [0.25, 0.3) is 22.1 Å². The average Bonchev–Trinajstić information content (AvgIpc) is 3.53. The molecule has 42 heavy (non-hydrogen) atoms. The monoisotopic (exact) mass is 557 g/mol. The lowest BCUT2D eigenvalue weighted by Crippen LogP contribution is -2.33. The molecule has 0 bridgehead atoms. The van der Waals surface area contributed by atoms with Gasteiger partial charge in [0.25, 0.3) is 11.5 Å². The molecule has 2 aromatic carbocycles. The third kappa shape index (κ3) is 4.67. The molecule has 1 unspecified atom stereocenters. The predicted molar refractivity (Wildman–Crippen MR) is 160 cm³/mol. The molecule has 208 valence electrons. The molecule has 1 amide bonds. The van der Waals surface area contributed by atoms with E-state index in [4.69, 9.17) is 5.73 Å². The summed E-state index contributed by atoms with van der Waals surface area (Å²) in [4.78, 5) is 32.4. The number of nitrogens with one attached hydrogen (secondary N) is 2. The zero-order valence-corrected chi connectivity index (χ0v) is 23.6. The molecule has 4 N–H and O–H groups in total. The first-order valence-electron chi connectivity index (χ1n) is 13.4. The van der Waals surface area contributed by atoms with Crippen molar-refractivity contribution in [2.75, 3.05) is 5.73 Å². The highest BCUT2D eigenvalue weighted by Gasteiger charge is 2.28. The van der Waals surface area contributed by atoms with Crippen molar-refractivity contribution < 1.29 is 9.31 Å². The Morgan fingerprint density at radius 1 is 1.10 bits per heavy atom. The van der Waals surface area contributed by atoms with Gasteiger partial charge in [0.15, 0.2) is 17.1 Å². The van der Waals surface area contributed by atoms with Crippen LogP contribution < -0.4 is 21.1 Å². The molecule has 4 heterocycles. The Labute approximate surface area is 241 Å². The molecule has 0 aliphatic rings. The van der Waals surface area contributed by atoms with E-state index in [0.717, 1.165) is 22.3 Å². The second kappa shape index (κ2) is 10.4. The van der Waals surface area contributed by atoms with Gasteiger partial charge in [0.05, 0.1) is 23.2 Å². The summed E-state index contributed by atoms with van der Waals surface area (Å²) in [5, 5.41) is 11.4. The van der Waals surface area contributed by atoms with Crippen LogP contribution in [-0.4, -0.2) is 30.3 Å². The molecule has 0 saturated carbocycles. The fraction of sp³-hybridized carbons (Fsp3) is 0.156. The smallest absolute Gasteiger partial charge is 0.363 e. The molecule has 6 aromatic rings. The first kappa shape index (κ1) is 26.5. The Bertz CT molecular complexity index is 2130. The third-order valence-corrected chi connectivity index (χ3v) is 7.14. The summed E-state index contributed by atoms with van der Waals surface area (Å²) in [6.45, 7) is 5.61. The summed E-state index contributed by atoms with van der Waals surface area (Å²) < 4.78 is 4.99. The molecule has 0 saturated heterocycles. The molecule has 0 spiro atoms. The highest BCUT2D eigenvalue weighted by atomic mass is 16.2. The molecular formula is C32H29N8O2+. The first-order chi connectivity index (χ1) is 20.2. The maximum absolute atomic E-state index is 14.2. The number of aryl methyl sites for hydroxylation is 3. The maximum Gasteiger partial charge on any atom is 0.363 e. The number of aromatic amines is 1. The van der Waals surface area contributed by atoms with Crippen LogP contribution in [0, 0.1) is 25.7 Å². The zero-order valence-electron chi connectivity index (χ0n) is 23.6. The van der Waals surface area contributed by atoms with E-state index in [9.17, 15) is 9.59 Å². The summed E-state index contributed by atoms with van der Waals surface area (Å²) in [7, 11) is 1.83. The van der Waals surface area contributed by atoms with Crippen LogP contribution in [0.2, 0.25) is 0 Å². The normalized spacial score (nSPS) is 11.8. The van der Waals surface area contributed by atoms with Crippen LogP contribution in [0.3, 0.4) is 0 Å². The average molecular weight is 558 g/mol. The maximum atomic E-state index is 14.2. The molecular weight excluding hydrogens is 528 g/mol. The Kier molecular flexibility index (Phi) is 6.55. The van der Waals surface area contributed by atoms with Gasteiger partial charge in [0, 0.05) is 50.1 Å². The number of aromatic nitrogens is 6. The highest BCUT2D eigenvalue weighted by molar-refractivity contribution is 6.03. The molecule has 0 aliphatic heterocycles. The summed E-state index contributed by atoms with van der Waals surface area (Å²) in [6.07, 6.45) is 3.50. The van der Waals surface area contributed by atoms with E-state index in [1.54, 1.807) is 20.0 Å². The number of nitrogens with zero attached hydrogens (tertiary/aromatic N) is 5. The van der Waals surface area contributed by atoms with Gasteiger partial charge in [-0.3, -0.25) is 18.8 Å². The summed E-state index contributed by atoms with van der Waals surface area (Å²) in [5.74, 6) is 6.06. The lowest BCUT2D eigenvalue weighted by molar-refractivity contribution is -0.585. The van der Waals surface area contributed by atoms with Crippen LogP contribution in [0.15, 0.2) is 77.9 Å². The number of para-hydroxylation sites is 1. The Morgan fingerprint density at radius 2 is 1.88 bits per heavy atom. The molecule has 10 heteroatoms. The van der Waals surface area contributed by atoms with Crippen LogP contribution in [-0.2, 0) is 7.05 Å². The number of fused-ring (bicyclic) bond motifs is 2. The number of hydrogen-bond donors (Lipinski definition) is 3. The largest absolute Gasteiger partial charge is 0.382 e. The number of benzene rings is 2. The van der Waals surface area contributed by atoms with Gasteiger partial charge in [-0.05, 0) is 41.6 Å². The van der Waals surface area contributed by atoms with Crippen molar-refractivity contribution in [2.24, 2.45) is 7.05 Å². The van der Waals surface area contributed by atoms with E-state index >= 15 is 0 Å². The lowest BCUT2D eigenvalue weighted by atomic mass is 10.0. The number of nitrogen functional groups attached to an aromatic ring is 1. The van der Waals surface area contributed by atoms with Crippen molar-refractivity contribution in [2.45, 2.75) is 26.8 Å². The number of hydrogen-bond acceptors (Lipinski definition) is 5. The Morgan fingerprint density at radius 3 is 2.62 bits per heavy atom. The third-order valence-electron chi connectivity index (χ3n) is 7.14. The van der Waals surface area contributed by atoms with Crippen molar-refractivity contribution in [1.82, 2.24) is 29.7 Å². The fourth-order valence-electron chi connectivity index (χ4n) is 5.23. The Balaban J connectivity index is 1.47. The number of nitrogens with two attached hydrogens (primary N) is 1. The minimum absolute atomic E-state index is 0.205. The van der Waals surface area contributed by atoms with Crippen molar-refractivity contribution in [3.05, 3.63) is 117 Å². The second-order valence-electron chi connectivity index (χ2n) is 10.3. The number of pyridine rings is 1. The SMILES string of the molecule is Cc1cc(C)[n+]2[nH]c(N)c(C(=O)NC(C)c3cc4cccc(C#Cc5cnn(C)c5)c4c(=O)n3-c3ccccc3)c2n1. The molecule has 0 aliphatic carbocycles. The summed E-state index contributed by atoms with van der Waals surface area (Å²) >= 11 is 0. The zero-order chi connectivity index (χ0) is 29.5. The fourth-order valence-corrected chi connectivity index (χ4v) is 5.23. The van der Waals surface area contributed by atoms with Crippen molar-refractivity contribution in [3.63, 3.8) is 0 Å². The van der Waals surface area contributed by atoms with E-state index in [1.165, 1.54) is 0 Å².